The number of nitrogens with zero attached hydrogens (tertiary/aromatic N) is 2. The van der Waals surface area contributed by atoms with E-state index in [0.29, 0.717) is 38.2 Å². The van der Waals surface area contributed by atoms with E-state index in [1.54, 1.807) is 48.5 Å². The Kier molecular flexibility index (Phi) is 8.03. The van der Waals surface area contributed by atoms with Crippen LogP contribution in [-0.2, 0) is 0 Å². The molecule has 0 amide bonds. The van der Waals surface area contributed by atoms with Gasteiger partial charge < -0.3 is 19.7 Å². The number of benzene rings is 4. The zero-order valence-corrected chi connectivity index (χ0v) is 22.0. The second kappa shape index (κ2) is 11.4. The highest BCUT2D eigenvalue weighted by atomic mass is 35.5. The summed E-state index contributed by atoms with van der Waals surface area (Å²) in [6.45, 7) is 1.87. The predicted molar refractivity (Wildman–Crippen MR) is 147 cm³/mol. The van der Waals surface area contributed by atoms with Crippen molar-refractivity contribution in [1.29, 1.82) is 0 Å². The molecule has 0 aliphatic rings. The molecule has 10 nitrogen and oxygen atoms in total. The zero-order valence-electron chi connectivity index (χ0n) is 20.5. The van der Waals surface area contributed by atoms with Crippen molar-refractivity contribution in [2.24, 2.45) is 0 Å². The fraction of sp³-hybridized carbons (Fsp3) is 0.0357. The maximum absolute atomic E-state index is 12.2. The molecule has 0 bridgehead atoms. The Bertz CT molecular complexity index is 1760. The van der Waals surface area contributed by atoms with E-state index in [0.717, 1.165) is 17.7 Å². The number of oxazole rings is 1. The third-order valence-corrected chi connectivity index (χ3v) is 6.02. The molecule has 0 aliphatic heterocycles. The molecule has 0 saturated carbocycles. The van der Waals surface area contributed by atoms with Crippen molar-refractivity contribution in [2.75, 3.05) is 0 Å². The number of aryl methyl sites for hydroxylation is 1. The van der Waals surface area contributed by atoms with Gasteiger partial charge in [-0.1, -0.05) is 53.0 Å². The number of carbonyl (C=O) groups is 2. The monoisotopic (exact) mass is 580 g/mol. The van der Waals surface area contributed by atoms with Crippen molar-refractivity contribution in [1.82, 2.24) is 4.98 Å². The van der Waals surface area contributed by atoms with Gasteiger partial charge in [0, 0.05) is 32.8 Å². The van der Waals surface area contributed by atoms with Crippen molar-refractivity contribution in [3.8, 4) is 23.0 Å². The van der Waals surface area contributed by atoms with Crippen LogP contribution >= 0.6 is 23.2 Å². The molecule has 0 fully saturated rings. The summed E-state index contributed by atoms with van der Waals surface area (Å²) in [4.78, 5) is 37.3. The van der Waals surface area contributed by atoms with E-state index in [-0.39, 0.29) is 11.1 Å². The van der Waals surface area contributed by atoms with Crippen LogP contribution in [0.25, 0.3) is 22.6 Å². The Morgan fingerprint density at radius 2 is 1.50 bits per heavy atom. The molecule has 4 aromatic carbocycles. The molecule has 0 radical (unpaired) electrons. The van der Waals surface area contributed by atoms with E-state index in [4.69, 9.17) is 32.7 Å². The van der Waals surface area contributed by atoms with E-state index in [2.05, 4.69) is 4.98 Å². The summed E-state index contributed by atoms with van der Waals surface area (Å²) in [6.07, 6.45) is 0. The third kappa shape index (κ3) is 6.20. The number of ketones is 1. The Morgan fingerprint density at radius 1 is 0.875 bits per heavy atom. The predicted octanol–water partition coefficient (Wildman–Crippen LogP) is 7.05. The molecular formula is C28H18Cl2N2O8. The Labute approximate surface area is 235 Å². The highest BCUT2D eigenvalue weighted by Gasteiger charge is 2.22. The number of carboxylic acid groups (broad SMARTS) is 1. The number of rotatable bonds is 5. The smallest absolute Gasteiger partial charge is 0.335 e. The fourth-order valence-electron chi connectivity index (χ4n) is 3.60. The zero-order chi connectivity index (χ0) is 29.1. The van der Waals surface area contributed by atoms with Crippen LogP contribution < -0.4 is 0 Å². The number of aromatic carboxylic acids is 1. The maximum Gasteiger partial charge on any atom is 0.335 e. The van der Waals surface area contributed by atoms with Gasteiger partial charge in [0.25, 0.3) is 0 Å². The molecule has 3 N–H and O–H groups in total. The molecule has 0 unspecified atom stereocenters. The molecule has 5 rings (SSSR count). The summed E-state index contributed by atoms with van der Waals surface area (Å²) in [5.74, 6) is -2.70. The number of nitro groups is 1. The lowest BCUT2D eigenvalue weighted by atomic mass is 10.0. The number of phenols is 2. The summed E-state index contributed by atoms with van der Waals surface area (Å²) in [7, 11) is 0. The highest BCUT2D eigenvalue weighted by Crippen LogP contribution is 2.36. The Hall–Kier alpha value is -4.93. The van der Waals surface area contributed by atoms with Crippen molar-refractivity contribution in [3.63, 3.8) is 0 Å². The lowest BCUT2D eigenvalue weighted by Crippen LogP contribution is -2.02. The first kappa shape index (κ1) is 28.1. The number of hydrogen-bond donors (Lipinski definition) is 3. The van der Waals surface area contributed by atoms with Crippen LogP contribution in [0.4, 0.5) is 5.69 Å². The second-order valence-corrected chi connectivity index (χ2v) is 9.35. The van der Waals surface area contributed by atoms with Crippen LogP contribution in [0.1, 0.15) is 31.8 Å². The molecule has 1 heterocycles. The van der Waals surface area contributed by atoms with Crippen LogP contribution in [0.2, 0.25) is 10.0 Å². The van der Waals surface area contributed by atoms with Crippen molar-refractivity contribution in [3.05, 3.63) is 115 Å². The quantitative estimate of drug-likeness (QED) is 0.0854. The molecule has 0 spiro atoms. The SMILES string of the molecule is Cc1ccc(C(=O)c2cc(O)c(O)c([N+](=O)[O-])c2)cc1.O=C(O)c1ccc2nc(-c3cc(Cl)cc(Cl)c3)oc2c1. The molecule has 1 aromatic heterocycles. The van der Waals surface area contributed by atoms with Crippen LogP contribution in [-0.4, -0.2) is 37.0 Å². The highest BCUT2D eigenvalue weighted by molar-refractivity contribution is 6.35. The molecule has 5 aromatic rings. The summed E-state index contributed by atoms with van der Waals surface area (Å²) >= 11 is 11.9. The molecule has 0 aliphatic carbocycles. The Balaban J connectivity index is 0.000000185. The van der Waals surface area contributed by atoms with Gasteiger partial charge >= 0.3 is 11.7 Å². The molecule has 40 heavy (non-hydrogen) atoms. The molecule has 0 atom stereocenters. The number of carboxylic acids is 1. The fourth-order valence-corrected chi connectivity index (χ4v) is 4.13. The third-order valence-electron chi connectivity index (χ3n) is 5.59. The largest absolute Gasteiger partial charge is 0.504 e. The van der Waals surface area contributed by atoms with Gasteiger partial charge in [-0.05, 0) is 49.4 Å². The number of hydrogen-bond acceptors (Lipinski definition) is 8. The first-order chi connectivity index (χ1) is 18.9. The van der Waals surface area contributed by atoms with E-state index in [1.807, 2.05) is 6.92 Å². The maximum atomic E-state index is 12.2. The van der Waals surface area contributed by atoms with Gasteiger partial charge in [-0.3, -0.25) is 14.9 Å². The first-order valence-electron chi connectivity index (χ1n) is 11.3. The second-order valence-electron chi connectivity index (χ2n) is 8.48. The number of aromatic hydroxyl groups is 2. The van der Waals surface area contributed by atoms with Gasteiger partial charge in [0.2, 0.25) is 11.6 Å². The molecule has 202 valence electrons. The number of aromatic nitrogens is 1. The van der Waals surface area contributed by atoms with Gasteiger partial charge in [0.15, 0.2) is 17.1 Å². The van der Waals surface area contributed by atoms with Crippen LogP contribution in [0, 0.1) is 17.0 Å². The van der Waals surface area contributed by atoms with E-state index < -0.39 is 33.9 Å². The van der Waals surface area contributed by atoms with Gasteiger partial charge in [0.1, 0.15) is 5.52 Å². The van der Waals surface area contributed by atoms with Gasteiger partial charge in [-0.15, -0.1) is 0 Å². The lowest BCUT2D eigenvalue weighted by Gasteiger charge is -2.05. The van der Waals surface area contributed by atoms with Crippen molar-refractivity contribution >= 4 is 51.7 Å². The van der Waals surface area contributed by atoms with Crippen LogP contribution in [0.3, 0.4) is 0 Å². The first-order valence-corrected chi connectivity index (χ1v) is 12.1. The normalized spacial score (nSPS) is 10.6. The number of fused-ring (bicyclic) bond motifs is 1. The Morgan fingerprint density at radius 3 is 2.10 bits per heavy atom. The minimum absolute atomic E-state index is 0.0594. The van der Waals surface area contributed by atoms with Crippen molar-refractivity contribution < 1.29 is 34.2 Å². The minimum Gasteiger partial charge on any atom is -0.504 e. The van der Waals surface area contributed by atoms with Gasteiger partial charge in [0.05, 0.1) is 10.5 Å². The average Bonchev–Trinajstić information content (AvgIpc) is 3.33. The lowest BCUT2D eigenvalue weighted by molar-refractivity contribution is -0.386. The van der Waals surface area contributed by atoms with Crippen LogP contribution in [0.15, 0.2) is 77.2 Å². The molecular weight excluding hydrogens is 563 g/mol. The summed E-state index contributed by atoms with van der Waals surface area (Å²) < 4.78 is 5.56. The minimum atomic E-state index is -1.02. The average molecular weight is 581 g/mol. The summed E-state index contributed by atoms with van der Waals surface area (Å²) in [6, 6.07) is 18.1. The molecule has 0 saturated heterocycles. The topological polar surface area (TPSA) is 164 Å². The van der Waals surface area contributed by atoms with Crippen LogP contribution in [0.5, 0.6) is 11.5 Å². The molecule has 12 heteroatoms. The van der Waals surface area contributed by atoms with Gasteiger partial charge in [-0.25, -0.2) is 9.78 Å². The standard InChI is InChI=1S/C14H7Cl2NO3.C14H11NO5/c15-9-3-8(4-10(16)6-9)13-17-11-2-1-7(14(18)19)5-12(11)20-13;1-8-2-4-9(5-3-8)13(17)10-6-11(15(19)20)14(18)12(16)7-10/h1-6H,(H,18,19);2-7,16,18H,1H3. The number of halogens is 2. The number of nitro benzene ring substituents is 1. The van der Waals surface area contributed by atoms with E-state index in [1.165, 1.54) is 12.1 Å². The van der Waals surface area contributed by atoms with E-state index >= 15 is 0 Å². The van der Waals surface area contributed by atoms with Gasteiger partial charge in [-0.2, -0.15) is 0 Å². The summed E-state index contributed by atoms with van der Waals surface area (Å²) in [5, 5.41) is 39.5. The van der Waals surface area contributed by atoms with Crippen molar-refractivity contribution in [2.45, 2.75) is 6.92 Å². The summed E-state index contributed by atoms with van der Waals surface area (Å²) in [5.41, 5.74) is 2.30. The van der Waals surface area contributed by atoms with E-state index in [9.17, 15) is 29.9 Å². The number of phenolic OH excluding ortho intramolecular Hbond substituents is 2. The number of carbonyl (C=O) groups excluding carboxylic acids is 1.